The summed E-state index contributed by atoms with van der Waals surface area (Å²) in [4.78, 5) is 12.3. The molecule has 2 nitrogen and oxygen atoms in total. The van der Waals surface area contributed by atoms with Crippen molar-refractivity contribution in [2.75, 3.05) is 0 Å². The van der Waals surface area contributed by atoms with Gasteiger partial charge in [-0.05, 0) is 23.8 Å². The summed E-state index contributed by atoms with van der Waals surface area (Å²) in [6, 6.07) is 19.5. The van der Waals surface area contributed by atoms with E-state index in [0.717, 1.165) is 16.9 Å². The Labute approximate surface area is 135 Å². The average molecular weight is 313 g/mol. The van der Waals surface area contributed by atoms with Crippen LogP contribution in [0.25, 0.3) is 6.08 Å². The van der Waals surface area contributed by atoms with E-state index < -0.39 is 5.38 Å². The van der Waals surface area contributed by atoms with Gasteiger partial charge in [-0.1, -0.05) is 48.5 Å². The van der Waals surface area contributed by atoms with Gasteiger partial charge in [0, 0.05) is 18.4 Å². The largest absolute Gasteiger partial charge is 0.490 e. The van der Waals surface area contributed by atoms with Crippen molar-refractivity contribution in [2.24, 2.45) is 0 Å². The number of carbonyl (C=O) groups excluding carboxylic acids is 1. The highest BCUT2D eigenvalue weighted by Crippen LogP contribution is 2.29. The summed E-state index contributed by atoms with van der Waals surface area (Å²) in [7, 11) is 0. The Kier molecular flexibility index (Phi) is 4.59. The summed E-state index contributed by atoms with van der Waals surface area (Å²) in [6.07, 6.45) is 2.98. The number of ether oxygens (including phenoxy) is 1. The SMILES string of the molecule is O=C1C(=Cc2ccccc2)CC(Oc2ccccc2)CC1Cl. The van der Waals surface area contributed by atoms with E-state index >= 15 is 0 Å². The van der Waals surface area contributed by atoms with Gasteiger partial charge in [-0.25, -0.2) is 0 Å². The van der Waals surface area contributed by atoms with Crippen LogP contribution in [0.5, 0.6) is 5.75 Å². The van der Waals surface area contributed by atoms with E-state index in [4.69, 9.17) is 16.3 Å². The second kappa shape index (κ2) is 6.80. The summed E-state index contributed by atoms with van der Waals surface area (Å²) in [6.45, 7) is 0. The van der Waals surface area contributed by atoms with Gasteiger partial charge in [-0.3, -0.25) is 4.79 Å². The van der Waals surface area contributed by atoms with E-state index in [2.05, 4.69) is 0 Å². The number of para-hydroxylation sites is 1. The van der Waals surface area contributed by atoms with Crippen molar-refractivity contribution in [1.29, 1.82) is 0 Å². The van der Waals surface area contributed by atoms with E-state index in [9.17, 15) is 4.79 Å². The van der Waals surface area contributed by atoms with Crippen molar-refractivity contribution >= 4 is 23.5 Å². The fourth-order valence-corrected chi connectivity index (χ4v) is 2.97. The molecule has 1 aliphatic rings. The van der Waals surface area contributed by atoms with Crippen LogP contribution in [0, 0.1) is 0 Å². The van der Waals surface area contributed by atoms with Gasteiger partial charge in [0.05, 0.1) is 5.38 Å². The maximum Gasteiger partial charge on any atom is 0.176 e. The number of halogens is 1. The quantitative estimate of drug-likeness (QED) is 0.616. The number of rotatable bonds is 3. The van der Waals surface area contributed by atoms with Crippen LogP contribution in [0.4, 0.5) is 0 Å². The molecular formula is C19H17ClO2. The minimum atomic E-state index is -0.516. The highest BCUT2D eigenvalue weighted by molar-refractivity contribution is 6.34. The lowest BCUT2D eigenvalue weighted by Gasteiger charge is -2.27. The standard InChI is InChI=1S/C19H17ClO2/c20-18-13-17(22-16-9-5-2-6-10-16)12-15(19(18)21)11-14-7-3-1-4-8-14/h1-11,17-18H,12-13H2. The van der Waals surface area contributed by atoms with Gasteiger partial charge >= 0.3 is 0 Å². The lowest BCUT2D eigenvalue weighted by molar-refractivity contribution is -0.117. The number of hydrogen-bond donors (Lipinski definition) is 0. The first-order valence-corrected chi connectivity index (χ1v) is 7.81. The number of benzene rings is 2. The molecule has 0 amide bonds. The first kappa shape index (κ1) is 14.9. The third kappa shape index (κ3) is 3.58. The monoisotopic (exact) mass is 312 g/mol. The smallest absolute Gasteiger partial charge is 0.176 e. The zero-order valence-corrected chi connectivity index (χ0v) is 12.9. The van der Waals surface area contributed by atoms with Crippen LogP contribution in [-0.4, -0.2) is 17.3 Å². The highest BCUT2D eigenvalue weighted by atomic mass is 35.5. The first-order valence-electron chi connectivity index (χ1n) is 7.38. The molecule has 2 aromatic rings. The number of Topliss-reactive ketones (excluding diaryl/α,β-unsaturated/α-hetero) is 1. The number of hydrogen-bond acceptors (Lipinski definition) is 2. The van der Waals surface area contributed by atoms with Gasteiger partial charge in [-0.15, -0.1) is 11.6 Å². The Hall–Kier alpha value is -2.06. The third-order valence-corrected chi connectivity index (χ3v) is 4.08. The number of ketones is 1. The Morgan fingerprint density at radius 2 is 1.64 bits per heavy atom. The molecule has 1 fully saturated rings. The zero-order valence-electron chi connectivity index (χ0n) is 12.1. The Morgan fingerprint density at radius 1 is 1.00 bits per heavy atom. The average Bonchev–Trinajstić information content (AvgIpc) is 2.54. The summed E-state index contributed by atoms with van der Waals surface area (Å²) in [5, 5.41) is -0.516. The predicted molar refractivity (Wildman–Crippen MR) is 89.2 cm³/mol. The van der Waals surface area contributed by atoms with Crippen LogP contribution in [0.1, 0.15) is 18.4 Å². The van der Waals surface area contributed by atoms with Crippen molar-refractivity contribution in [3.8, 4) is 5.75 Å². The molecule has 0 N–H and O–H groups in total. The van der Waals surface area contributed by atoms with E-state index in [-0.39, 0.29) is 11.9 Å². The minimum Gasteiger partial charge on any atom is -0.490 e. The van der Waals surface area contributed by atoms with Crippen LogP contribution in [0.3, 0.4) is 0 Å². The molecule has 2 unspecified atom stereocenters. The molecule has 0 heterocycles. The molecule has 112 valence electrons. The van der Waals surface area contributed by atoms with Crippen LogP contribution >= 0.6 is 11.6 Å². The highest BCUT2D eigenvalue weighted by Gasteiger charge is 2.32. The summed E-state index contributed by atoms with van der Waals surface area (Å²) < 4.78 is 5.96. The molecule has 3 rings (SSSR count). The fourth-order valence-electron chi connectivity index (χ4n) is 2.63. The van der Waals surface area contributed by atoms with Crippen LogP contribution in [0.15, 0.2) is 66.2 Å². The van der Waals surface area contributed by atoms with E-state index in [0.29, 0.717) is 12.8 Å². The molecule has 0 aliphatic heterocycles. The number of alkyl halides is 1. The summed E-state index contributed by atoms with van der Waals surface area (Å²) >= 11 is 6.22. The van der Waals surface area contributed by atoms with Crippen molar-refractivity contribution in [1.82, 2.24) is 0 Å². The fraction of sp³-hybridized carbons (Fsp3) is 0.211. The van der Waals surface area contributed by atoms with Gasteiger partial charge in [0.15, 0.2) is 5.78 Å². The first-order chi connectivity index (χ1) is 10.7. The van der Waals surface area contributed by atoms with Gasteiger partial charge in [0.1, 0.15) is 11.9 Å². The molecular weight excluding hydrogens is 296 g/mol. The van der Waals surface area contributed by atoms with Crippen LogP contribution < -0.4 is 4.74 Å². The molecule has 22 heavy (non-hydrogen) atoms. The van der Waals surface area contributed by atoms with E-state index in [1.165, 1.54) is 0 Å². The molecule has 3 heteroatoms. The van der Waals surface area contributed by atoms with Gasteiger partial charge in [0.25, 0.3) is 0 Å². The Balaban J connectivity index is 1.78. The molecule has 2 atom stereocenters. The van der Waals surface area contributed by atoms with Crippen molar-refractivity contribution < 1.29 is 9.53 Å². The second-order valence-corrected chi connectivity index (χ2v) is 5.93. The van der Waals surface area contributed by atoms with Crippen molar-refractivity contribution in [2.45, 2.75) is 24.3 Å². The normalized spacial score (nSPS) is 23.5. The zero-order chi connectivity index (χ0) is 15.4. The lowest BCUT2D eigenvalue weighted by Crippen LogP contribution is -2.34. The van der Waals surface area contributed by atoms with Crippen LogP contribution in [0.2, 0.25) is 0 Å². The molecule has 1 aliphatic carbocycles. The van der Waals surface area contributed by atoms with Gasteiger partial charge < -0.3 is 4.74 Å². The van der Waals surface area contributed by atoms with Crippen molar-refractivity contribution in [3.05, 3.63) is 71.8 Å². The van der Waals surface area contributed by atoms with Crippen molar-refractivity contribution in [3.63, 3.8) is 0 Å². The molecule has 2 aromatic carbocycles. The molecule has 0 spiro atoms. The lowest BCUT2D eigenvalue weighted by atomic mass is 9.89. The van der Waals surface area contributed by atoms with E-state index in [1.54, 1.807) is 0 Å². The maximum absolute atomic E-state index is 12.3. The molecule has 1 saturated carbocycles. The second-order valence-electron chi connectivity index (χ2n) is 5.40. The molecule has 0 radical (unpaired) electrons. The molecule has 0 saturated heterocycles. The summed E-state index contributed by atoms with van der Waals surface area (Å²) in [5.74, 6) is 0.822. The van der Waals surface area contributed by atoms with E-state index in [1.807, 2.05) is 66.7 Å². The van der Waals surface area contributed by atoms with Gasteiger partial charge in [0.2, 0.25) is 0 Å². The maximum atomic E-state index is 12.3. The van der Waals surface area contributed by atoms with Gasteiger partial charge in [-0.2, -0.15) is 0 Å². The molecule has 0 bridgehead atoms. The minimum absolute atomic E-state index is 0.0124. The Morgan fingerprint density at radius 3 is 2.32 bits per heavy atom. The molecule has 0 aromatic heterocycles. The number of carbonyl (C=O) groups is 1. The van der Waals surface area contributed by atoms with Crippen LogP contribution in [-0.2, 0) is 4.79 Å². The third-order valence-electron chi connectivity index (χ3n) is 3.70. The Bertz CT molecular complexity index is 664. The predicted octanol–water partition coefficient (Wildman–Crippen LogP) is 4.49. The topological polar surface area (TPSA) is 26.3 Å². The summed E-state index contributed by atoms with van der Waals surface area (Å²) in [5.41, 5.74) is 1.74.